The lowest BCUT2D eigenvalue weighted by atomic mass is 10.3. The molecular weight excluding hydrogens is 218 g/mol. The largest absolute Gasteiger partial charge is 0.424 e. The van der Waals surface area contributed by atoms with E-state index in [-0.39, 0.29) is 0 Å². The van der Waals surface area contributed by atoms with Crippen LogP contribution in [0.5, 0.6) is 0 Å². The minimum Gasteiger partial charge on any atom is -0.424 e. The van der Waals surface area contributed by atoms with Gasteiger partial charge in [0.2, 0.25) is 11.8 Å². The molecule has 0 aliphatic heterocycles. The number of aromatic nitrogens is 4. The van der Waals surface area contributed by atoms with Crippen molar-refractivity contribution in [2.45, 2.75) is 26.4 Å². The van der Waals surface area contributed by atoms with Crippen LogP contribution in [-0.4, -0.2) is 31.9 Å². The van der Waals surface area contributed by atoms with Crippen LogP contribution in [0.3, 0.4) is 0 Å². The highest BCUT2D eigenvalue weighted by atomic mass is 16.4. The molecule has 2 aromatic rings. The highest BCUT2D eigenvalue weighted by Crippen LogP contribution is 2.07. The summed E-state index contributed by atoms with van der Waals surface area (Å²) in [7, 11) is 3.93. The third-order valence-electron chi connectivity index (χ3n) is 2.43. The summed E-state index contributed by atoms with van der Waals surface area (Å²) in [5, 5.41) is 12.1. The van der Waals surface area contributed by atoms with Gasteiger partial charge in [-0.2, -0.15) is 5.10 Å². The Morgan fingerprint density at radius 2 is 2.06 bits per heavy atom. The zero-order chi connectivity index (χ0) is 12.3. The number of rotatable bonds is 5. The van der Waals surface area contributed by atoms with Crippen molar-refractivity contribution in [3.63, 3.8) is 0 Å². The van der Waals surface area contributed by atoms with Crippen LogP contribution in [0.4, 0.5) is 0 Å². The zero-order valence-electron chi connectivity index (χ0n) is 10.4. The van der Waals surface area contributed by atoms with Crippen molar-refractivity contribution < 1.29 is 4.42 Å². The maximum atomic E-state index is 5.46. The summed E-state index contributed by atoms with van der Waals surface area (Å²) < 4.78 is 7.26. The molecule has 0 saturated carbocycles. The molecule has 0 fully saturated rings. The van der Waals surface area contributed by atoms with Crippen LogP contribution in [0.25, 0.3) is 0 Å². The van der Waals surface area contributed by atoms with Crippen molar-refractivity contribution in [2.24, 2.45) is 7.05 Å². The molecule has 0 atom stereocenters. The van der Waals surface area contributed by atoms with E-state index in [4.69, 9.17) is 4.42 Å². The van der Waals surface area contributed by atoms with Gasteiger partial charge in [-0.15, -0.1) is 10.2 Å². The van der Waals surface area contributed by atoms with Crippen molar-refractivity contribution in [1.29, 1.82) is 0 Å². The van der Waals surface area contributed by atoms with Gasteiger partial charge >= 0.3 is 0 Å². The standard InChI is InChI=1S/C11H17N5O/c1-4-10-13-14-11(17-10)8-15(2)6-9-5-12-16(3)7-9/h5,7H,4,6,8H2,1-3H3. The van der Waals surface area contributed by atoms with E-state index in [1.807, 2.05) is 33.4 Å². The summed E-state index contributed by atoms with van der Waals surface area (Å²) in [5.41, 5.74) is 1.17. The van der Waals surface area contributed by atoms with E-state index >= 15 is 0 Å². The van der Waals surface area contributed by atoms with E-state index in [2.05, 4.69) is 20.2 Å². The van der Waals surface area contributed by atoms with Crippen molar-refractivity contribution in [3.8, 4) is 0 Å². The molecule has 0 aromatic carbocycles. The molecule has 0 N–H and O–H groups in total. The minimum atomic E-state index is 0.655. The first-order valence-electron chi connectivity index (χ1n) is 5.64. The Labute approximate surface area is 100 Å². The van der Waals surface area contributed by atoms with Gasteiger partial charge in [-0.25, -0.2) is 0 Å². The van der Waals surface area contributed by atoms with Gasteiger partial charge in [0.25, 0.3) is 0 Å². The molecule has 6 heteroatoms. The molecule has 6 nitrogen and oxygen atoms in total. The monoisotopic (exact) mass is 235 g/mol. The van der Waals surface area contributed by atoms with E-state index in [1.165, 1.54) is 5.56 Å². The van der Waals surface area contributed by atoms with E-state index in [0.29, 0.717) is 18.3 Å². The van der Waals surface area contributed by atoms with Crippen LogP contribution in [0, 0.1) is 0 Å². The molecule has 0 radical (unpaired) electrons. The Morgan fingerprint density at radius 1 is 1.29 bits per heavy atom. The third kappa shape index (κ3) is 3.13. The predicted molar refractivity (Wildman–Crippen MR) is 62.1 cm³/mol. The average Bonchev–Trinajstić information content (AvgIpc) is 2.88. The average molecular weight is 235 g/mol. The second-order valence-electron chi connectivity index (χ2n) is 4.14. The van der Waals surface area contributed by atoms with E-state index < -0.39 is 0 Å². The molecule has 0 amide bonds. The molecule has 0 spiro atoms. The van der Waals surface area contributed by atoms with Crippen molar-refractivity contribution >= 4 is 0 Å². The van der Waals surface area contributed by atoms with E-state index in [0.717, 1.165) is 13.0 Å². The Kier molecular flexibility index (Phi) is 3.53. The first-order valence-corrected chi connectivity index (χ1v) is 5.64. The van der Waals surface area contributed by atoms with Gasteiger partial charge in [0, 0.05) is 31.8 Å². The Hall–Kier alpha value is -1.69. The quantitative estimate of drug-likeness (QED) is 0.773. The molecule has 2 rings (SSSR count). The van der Waals surface area contributed by atoms with E-state index in [1.54, 1.807) is 4.68 Å². The molecule has 0 saturated heterocycles. The zero-order valence-corrected chi connectivity index (χ0v) is 10.4. The Morgan fingerprint density at radius 3 is 2.65 bits per heavy atom. The fraction of sp³-hybridized carbons (Fsp3) is 0.545. The van der Waals surface area contributed by atoms with Crippen LogP contribution >= 0.6 is 0 Å². The second kappa shape index (κ2) is 5.09. The Bertz CT molecular complexity index is 476. The number of aryl methyl sites for hydroxylation is 2. The first-order chi connectivity index (χ1) is 8.17. The van der Waals surface area contributed by atoms with Gasteiger partial charge < -0.3 is 4.42 Å². The normalized spacial score (nSPS) is 11.3. The molecular formula is C11H17N5O. The molecule has 92 valence electrons. The van der Waals surface area contributed by atoms with Gasteiger partial charge in [0.1, 0.15) is 0 Å². The van der Waals surface area contributed by atoms with Crippen LogP contribution in [0.15, 0.2) is 16.8 Å². The van der Waals surface area contributed by atoms with Gasteiger partial charge in [-0.05, 0) is 7.05 Å². The fourth-order valence-electron chi connectivity index (χ4n) is 1.65. The fourth-order valence-corrected chi connectivity index (χ4v) is 1.65. The molecule has 0 aliphatic carbocycles. The second-order valence-corrected chi connectivity index (χ2v) is 4.14. The topological polar surface area (TPSA) is 60.0 Å². The van der Waals surface area contributed by atoms with Gasteiger partial charge in [0.15, 0.2) is 0 Å². The SMILES string of the molecule is CCc1nnc(CN(C)Cc2cnn(C)c2)o1. The maximum Gasteiger partial charge on any atom is 0.230 e. The summed E-state index contributed by atoms with van der Waals surface area (Å²) in [6, 6.07) is 0. The van der Waals surface area contributed by atoms with Crippen LogP contribution in [-0.2, 0) is 26.6 Å². The van der Waals surface area contributed by atoms with Crippen LogP contribution in [0.2, 0.25) is 0 Å². The van der Waals surface area contributed by atoms with Crippen molar-refractivity contribution in [1.82, 2.24) is 24.9 Å². The van der Waals surface area contributed by atoms with Gasteiger partial charge in [-0.3, -0.25) is 9.58 Å². The lowest BCUT2D eigenvalue weighted by molar-refractivity contribution is 0.277. The first kappa shape index (κ1) is 11.8. The lowest BCUT2D eigenvalue weighted by Crippen LogP contribution is -2.17. The highest BCUT2D eigenvalue weighted by molar-refractivity contribution is 5.03. The molecule has 2 heterocycles. The molecule has 0 unspecified atom stereocenters. The lowest BCUT2D eigenvalue weighted by Gasteiger charge is -2.12. The van der Waals surface area contributed by atoms with Gasteiger partial charge in [-0.1, -0.05) is 6.92 Å². The maximum absolute atomic E-state index is 5.46. The summed E-state index contributed by atoms with van der Waals surface area (Å²) in [5.74, 6) is 1.35. The molecule has 0 aliphatic rings. The smallest absolute Gasteiger partial charge is 0.230 e. The third-order valence-corrected chi connectivity index (χ3v) is 2.43. The van der Waals surface area contributed by atoms with Crippen LogP contribution in [0.1, 0.15) is 24.3 Å². The number of nitrogens with zero attached hydrogens (tertiary/aromatic N) is 5. The van der Waals surface area contributed by atoms with Crippen LogP contribution < -0.4 is 0 Å². The molecule has 2 aromatic heterocycles. The summed E-state index contributed by atoms with van der Waals surface area (Å²) in [6.07, 6.45) is 4.64. The van der Waals surface area contributed by atoms with Gasteiger partial charge in [0.05, 0.1) is 12.7 Å². The summed E-state index contributed by atoms with van der Waals surface area (Å²) in [4.78, 5) is 2.12. The van der Waals surface area contributed by atoms with E-state index in [9.17, 15) is 0 Å². The highest BCUT2D eigenvalue weighted by Gasteiger charge is 2.08. The summed E-state index contributed by atoms with van der Waals surface area (Å²) in [6.45, 7) is 3.47. The van der Waals surface area contributed by atoms with Crippen molar-refractivity contribution in [2.75, 3.05) is 7.05 Å². The Balaban J connectivity index is 1.90. The number of hydrogen-bond donors (Lipinski definition) is 0. The molecule has 0 bridgehead atoms. The number of hydrogen-bond acceptors (Lipinski definition) is 5. The minimum absolute atomic E-state index is 0.655. The summed E-state index contributed by atoms with van der Waals surface area (Å²) >= 11 is 0. The molecule has 17 heavy (non-hydrogen) atoms. The predicted octanol–water partition coefficient (Wildman–Crippen LogP) is 0.997. The van der Waals surface area contributed by atoms with Crippen molar-refractivity contribution in [3.05, 3.63) is 29.7 Å².